The molecule has 1 fully saturated rings. The number of halogens is 2. The number of hydrogen-bond acceptors (Lipinski definition) is 4. The monoisotopic (exact) mass is 414 g/mol. The first-order valence-corrected chi connectivity index (χ1v) is 8.47. The molecule has 21 heavy (non-hydrogen) atoms. The van der Waals surface area contributed by atoms with Crippen LogP contribution in [0.5, 0.6) is 0 Å². The van der Waals surface area contributed by atoms with Crippen molar-refractivity contribution < 1.29 is 4.74 Å². The minimum Gasteiger partial charge on any atom is -0.377 e. The van der Waals surface area contributed by atoms with Crippen LogP contribution < -0.4 is 5.32 Å². The van der Waals surface area contributed by atoms with E-state index >= 15 is 0 Å². The Balaban J connectivity index is 1.56. The van der Waals surface area contributed by atoms with Gasteiger partial charge in [0.15, 0.2) is 0 Å². The lowest BCUT2D eigenvalue weighted by Crippen LogP contribution is -2.15. The van der Waals surface area contributed by atoms with Crippen LogP contribution in [0.2, 0.25) is 0 Å². The molecule has 0 radical (unpaired) electrons. The van der Waals surface area contributed by atoms with Gasteiger partial charge in [-0.2, -0.15) is 5.10 Å². The SMILES string of the molecule is Brc1cnc(CNc2cnn(CC3CCCO3)c2)c(Br)c1. The van der Waals surface area contributed by atoms with Gasteiger partial charge in [-0.15, -0.1) is 0 Å². The summed E-state index contributed by atoms with van der Waals surface area (Å²) in [6.07, 6.45) is 8.22. The standard InChI is InChI=1S/C14H16Br2N4O/c15-10-4-13(16)14(18-5-10)7-17-11-6-19-20(8-11)9-12-2-1-3-21-12/h4-6,8,12,17H,1-3,7,9H2. The van der Waals surface area contributed by atoms with Crippen molar-refractivity contribution in [3.63, 3.8) is 0 Å². The first kappa shape index (κ1) is 15.0. The Labute approximate surface area is 140 Å². The molecule has 3 heterocycles. The molecule has 0 saturated carbocycles. The third-order valence-electron chi connectivity index (χ3n) is 3.39. The van der Waals surface area contributed by atoms with E-state index in [-0.39, 0.29) is 0 Å². The van der Waals surface area contributed by atoms with Gasteiger partial charge in [0.1, 0.15) is 0 Å². The first-order valence-electron chi connectivity index (χ1n) is 6.88. The van der Waals surface area contributed by atoms with Gasteiger partial charge in [-0.05, 0) is 50.8 Å². The van der Waals surface area contributed by atoms with Gasteiger partial charge in [-0.1, -0.05) is 0 Å². The van der Waals surface area contributed by atoms with Crippen molar-refractivity contribution in [2.45, 2.75) is 32.0 Å². The predicted octanol–water partition coefficient (Wildman–Crippen LogP) is 3.59. The average molecular weight is 416 g/mol. The average Bonchev–Trinajstić information content (AvgIpc) is 3.10. The molecular weight excluding hydrogens is 400 g/mol. The molecule has 1 atom stereocenters. The summed E-state index contributed by atoms with van der Waals surface area (Å²) in [6.45, 7) is 2.35. The van der Waals surface area contributed by atoms with Crippen LogP contribution in [-0.4, -0.2) is 27.5 Å². The summed E-state index contributed by atoms with van der Waals surface area (Å²) in [5.41, 5.74) is 1.95. The second kappa shape index (κ2) is 6.89. The highest BCUT2D eigenvalue weighted by molar-refractivity contribution is 9.11. The van der Waals surface area contributed by atoms with Crippen LogP contribution >= 0.6 is 31.9 Å². The van der Waals surface area contributed by atoms with E-state index in [1.807, 2.05) is 23.1 Å². The maximum Gasteiger partial charge on any atom is 0.0771 e. The van der Waals surface area contributed by atoms with E-state index in [4.69, 9.17) is 4.74 Å². The van der Waals surface area contributed by atoms with Crippen molar-refractivity contribution in [1.29, 1.82) is 0 Å². The number of nitrogens with zero attached hydrogens (tertiary/aromatic N) is 3. The third-order valence-corrected chi connectivity index (χ3v) is 4.51. The number of aromatic nitrogens is 3. The molecule has 5 nitrogen and oxygen atoms in total. The van der Waals surface area contributed by atoms with Crippen LogP contribution in [0, 0.1) is 0 Å². The lowest BCUT2D eigenvalue weighted by atomic mass is 10.2. The highest BCUT2D eigenvalue weighted by Gasteiger charge is 2.16. The van der Waals surface area contributed by atoms with Gasteiger partial charge in [0.2, 0.25) is 0 Å². The molecule has 2 aromatic heterocycles. The van der Waals surface area contributed by atoms with E-state index in [0.717, 1.165) is 46.3 Å². The maximum atomic E-state index is 5.62. The number of ether oxygens (including phenoxy) is 1. The van der Waals surface area contributed by atoms with E-state index in [9.17, 15) is 0 Å². The molecule has 0 bridgehead atoms. The molecule has 3 rings (SSSR count). The minimum absolute atomic E-state index is 0.306. The lowest BCUT2D eigenvalue weighted by molar-refractivity contribution is 0.0940. The summed E-state index contributed by atoms with van der Waals surface area (Å²) < 4.78 is 9.50. The Kier molecular flexibility index (Phi) is 4.92. The second-order valence-electron chi connectivity index (χ2n) is 5.02. The van der Waals surface area contributed by atoms with E-state index in [2.05, 4.69) is 47.3 Å². The van der Waals surface area contributed by atoms with Crippen LogP contribution in [0.15, 0.2) is 33.6 Å². The zero-order chi connectivity index (χ0) is 14.7. The quantitative estimate of drug-likeness (QED) is 0.810. The molecule has 1 saturated heterocycles. The second-order valence-corrected chi connectivity index (χ2v) is 6.79. The molecular formula is C14H16Br2N4O. The predicted molar refractivity (Wildman–Crippen MR) is 88.2 cm³/mol. The molecule has 0 spiro atoms. The van der Waals surface area contributed by atoms with Crippen LogP contribution in [0.4, 0.5) is 5.69 Å². The van der Waals surface area contributed by atoms with E-state index in [1.54, 1.807) is 6.20 Å². The normalized spacial score (nSPS) is 18.1. The van der Waals surface area contributed by atoms with Gasteiger partial charge in [0.25, 0.3) is 0 Å². The van der Waals surface area contributed by atoms with Gasteiger partial charge in [-0.3, -0.25) is 9.67 Å². The van der Waals surface area contributed by atoms with Gasteiger partial charge >= 0.3 is 0 Å². The lowest BCUT2D eigenvalue weighted by Gasteiger charge is -2.08. The number of nitrogens with one attached hydrogen (secondary N) is 1. The molecule has 1 N–H and O–H groups in total. The number of anilines is 1. The third kappa shape index (κ3) is 4.05. The maximum absolute atomic E-state index is 5.62. The summed E-state index contributed by atoms with van der Waals surface area (Å²) >= 11 is 6.91. The van der Waals surface area contributed by atoms with Crippen molar-refractivity contribution in [2.24, 2.45) is 0 Å². The molecule has 0 amide bonds. The molecule has 7 heteroatoms. The molecule has 2 aromatic rings. The Morgan fingerprint density at radius 1 is 1.38 bits per heavy atom. The van der Waals surface area contributed by atoms with Gasteiger partial charge in [0.05, 0.1) is 36.8 Å². The molecule has 1 aliphatic rings. The van der Waals surface area contributed by atoms with Crippen molar-refractivity contribution in [1.82, 2.24) is 14.8 Å². The Hall–Kier alpha value is -0.920. The van der Waals surface area contributed by atoms with E-state index in [1.165, 1.54) is 0 Å². The number of hydrogen-bond donors (Lipinski definition) is 1. The largest absolute Gasteiger partial charge is 0.377 e. The highest BCUT2D eigenvalue weighted by Crippen LogP contribution is 2.20. The molecule has 112 valence electrons. The highest BCUT2D eigenvalue weighted by atomic mass is 79.9. The van der Waals surface area contributed by atoms with Crippen molar-refractivity contribution in [3.8, 4) is 0 Å². The zero-order valence-electron chi connectivity index (χ0n) is 11.4. The topological polar surface area (TPSA) is 52.0 Å². The van der Waals surface area contributed by atoms with Gasteiger partial charge in [-0.25, -0.2) is 0 Å². The fraction of sp³-hybridized carbons (Fsp3) is 0.429. The van der Waals surface area contributed by atoms with Crippen LogP contribution in [-0.2, 0) is 17.8 Å². The van der Waals surface area contributed by atoms with Crippen molar-refractivity contribution >= 4 is 37.5 Å². The molecule has 0 aromatic carbocycles. The minimum atomic E-state index is 0.306. The number of pyridine rings is 1. The van der Waals surface area contributed by atoms with Crippen molar-refractivity contribution in [3.05, 3.63) is 39.3 Å². The fourth-order valence-corrected chi connectivity index (χ4v) is 3.44. The van der Waals surface area contributed by atoms with E-state index in [0.29, 0.717) is 12.6 Å². The van der Waals surface area contributed by atoms with Crippen LogP contribution in [0.1, 0.15) is 18.5 Å². The van der Waals surface area contributed by atoms with Crippen LogP contribution in [0.3, 0.4) is 0 Å². The summed E-state index contributed by atoms with van der Waals surface area (Å²) in [6, 6.07) is 1.99. The smallest absolute Gasteiger partial charge is 0.0771 e. The number of rotatable bonds is 5. The Morgan fingerprint density at radius 3 is 3.05 bits per heavy atom. The summed E-state index contributed by atoms with van der Waals surface area (Å²) in [7, 11) is 0. The van der Waals surface area contributed by atoms with Gasteiger partial charge < -0.3 is 10.1 Å². The zero-order valence-corrected chi connectivity index (χ0v) is 14.6. The van der Waals surface area contributed by atoms with E-state index < -0.39 is 0 Å². The Bertz CT molecular complexity index is 611. The Morgan fingerprint density at radius 2 is 2.29 bits per heavy atom. The summed E-state index contributed by atoms with van der Waals surface area (Å²) in [5.74, 6) is 0. The molecule has 1 aliphatic heterocycles. The summed E-state index contributed by atoms with van der Waals surface area (Å²) in [4.78, 5) is 4.38. The van der Waals surface area contributed by atoms with Crippen molar-refractivity contribution in [2.75, 3.05) is 11.9 Å². The first-order chi connectivity index (χ1) is 10.2. The van der Waals surface area contributed by atoms with Crippen LogP contribution in [0.25, 0.3) is 0 Å². The fourth-order valence-electron chi connectivity index (χ4n) is 2.31. The van der Waals surface area contributed by atoms with Gasteiger partial charge in [0, 0.05) is 27.9 Å². The molecule has 0 aliphatic carbocycles. The summed E-state index contributed by atoms with van der Waals surface area (Å²) in [5, 5.41) is 7.70. The molecule has 1 unspecified atom stereocenters.